The molecule has 3 N–H and O–H groups in total. The topological polar surface area (TPSA) is 95.3 Å². The van der Waals surface area contributed by atoms with Gasteiger partial charge >= 0.3 is 5.97 Å². The fourth-order valence-corrected chi connectivity index (χ4v) is 4.75. The number of fused-ring (bicyclic) bond motifs is 1. The second-order valence-corrected chi connectivity index (χ2v) is 8.40. The zero-order chi connectivity index (χ0) is 21.2. The van der Waals surface area contributed by atoms with Crippen molar-refractivity contribution in [1.29, 1.82) is 0 Å². The summed E-state index contributed by atoms with van der Waals surface area (Å²) in [6.07, 6.45) is 6.89. The summed E-state index contributed by atoms with van der Waals surface area (Å²) in [4.78, 5) is 22.8. The third kappa shape index (κ3) is 4.07. The third-order valence-electron chi connectivity index (χ3n) is 6.46. The maximum Gasteiger partial charge on any atom is 0.306 e. The van der Waals surface area contributed by atoms with Gasteiger partial charge in [0.05, 0.1) is 11.4 Å². The van der Waals surface area contributed by atoms with Gasteiger partial charge in [-0.1, -0.05) is 6.07 Å². The van der Waals surface area contributed by atoms with E-state index < -0.39 is 5.97 Å². The first-order chi connectivity index (χ1) is 15.2. The summed E-state index contributed by atoms with van der Waals surface area (Å²) in [6, 6.07) is 10.7. The first-order valence-corrected chi connectivity index (χ1v) is 11.1. The number of piperazine rings is 1. The summed E-state index contributed by atoms with van der Waals surface area (Å²) in [5, 5.41) is 17.2. The Bertz CT molecular complexity index is 1070. The Labute approximate surface area is 181 Å². The molecular weight excluding hydrogens is 392 g/mol. The van der Waals surface area contributed by atoms with Gasteiger partial charge in [-0.05, 0) is 49.9 Å². The lowest BCUT2D eigenvalue weighted by atomic mass is 9.86. The average Bonchev–Trinajstić information content (AvgIpc) is 3.25. The molecule has 1 saturated heterocycles. The van der Waals surface area contributed by atoms with Gasteiger partial charge in [-0.25, -0.2) is 4.98 Å². The minimum Gasteiger partial charge on any atom is -0.481 e. The first-order valence-electron chi connectivity index (χ1n) is 11.1. The Hall–Kier alpha value is -3.13. The largest absolute Gasteiger partial charge is 0.481 e. The Morgan fingerprint density at radius 1 is 1.10 bits per heavy atom. The quantitative estimate of drug-likeness (QED) is 0.584. The Kier molecular flexibility index (Phi) is 5.46. The van der Waals surface area contributed by atoms with Gasteiger partial charge in [0, 0.05) is 55.7 Å². The fourth-order valence-electron chi connectivity index (χ4n) is 4.75. The normalized spacial score (nSPS) is 21.9. The van der Waals surface area contributed by atoms with Gasteiger partial charge in [0.1, 0.15) is 5.82 Å². The smallest absolute Gasteiger partial charge is 0.306 e. The number of carbonyl (C=O) groups is 1. The van der Waals surface area contributed by atoms with E-state index in [4.69, 9.17) is 4.98 Å². The maximum absolute atomic E-state index is 11.2. The molecule has 0 bridgehead atoms. The monoisotopic (exact) mass is 420 g/mol. The van der Waals surface area contributed by atoms with E-state index in [1.807, 2.05) is 6.07 Å². The summed E-state index contributed by atoms with van der Waals surface area (Å²) < 4.78 is 2.11. The predicted octanol–water partition coefficient (Wildman–Crippen LogP) is 2.89. The van der Waals surface area contributed by atoms with E-state index in [0.717, 1.165) is 50.4 Å². The number of nitrogens with one attached hydrogen (secondary N) is 2. The highest BCUT2D eigenvalue weighted by molar-refractivity contribution is 5.94. The van der Waals surface area contributed by atoms with Crippen LogP contribution < -0.4 is 15.5 Å². The molecular formula is C23H28N6O2. The van der Waals surface area contributed by atoms with Crippen LogP contribution in [0.25, 0.3) is 16.7 Å². The number of carboxylic acids is 1. The standard InChI is InChI=1S/C23H28N6O2/c30-22(31)16-4-6-17(7-5-16)26-23-25-10-8-21(27-23)29-13-9-18-19(2-1-3-20(18)29)28-14-11-24-12-15-28/h1-3,8-10,13,16-17,24H,4-7,11-12,14-15H2,(H,30,31)(H,25,26,27)/t16-,17-. The van der Waals surface area contributed by atoms with Crippen molar-refractivity contribution in [3.05, 3.63) is 42.7 Å². The molecule has 0 spiro atoms. The summed E-state index contributed by atoms with van der Waals surface area (Å²) in [5.41, 5.74) is 2.39. The van der Waals surface area contributed by atoms with Gasteiger partial charge in [-0.15, -0.1) is 0 Å². The van der Waals surface area contributed by atoms with Gasteiger partial charge in [-0.2, -0.15) is 4.98 Å². The summed E-state index contributed by atoms with van der Waals surface area (Å²) in [5.74, 6) is 0.512. The molecule has 1 aliphatic carbocycles. The van der Waals surface area contributed by atoms with Gasteiger partial charge < -0.3 is 25.2 Å². The Morgan fingerprint density at radius 3 is 2.68 bits per heavy atom. The molecule has 1 aromatic carbocycles. The van der Waals surface area contributed by atoms with Gasteiger partial charge in [0.15, 0.2) is 0 Å². The molecule has 8 heteroatoms. The Morgan fingerprint density at radius 2 is 1.90 bits per heavy atom. The van der Waals surface area contributed by atoms with Gasteiger partial charge in [0.2, 0.25) is 5.95 Å². The molecule has 0 radical (unpaired) electrons. The van der Waals surface area contributed by atoms with Crippen molar-refractivity contribution < 1.29 is 9.90 Å². The molecule has 3 aromatic rings. The minimum absolute atomic E-state index is 0.214. The maximum atomic E-state index is 11.2. The van der Waals surface area contributed by atoms with E-state index in [2.05, 4.69) is 55.5 Å². The highest BCUT2D eigenvalue weighted by Crippen LogP contribution is 2.30. The number of hydrogen-bond acceptors (Lipinski definition) is 6. The average molecular weight is 421 g/mol. The van der Waals surface area contributed by atoms with E-state index in [9.17, 15) is 9.90 Å². The van der Waals surface area contributed by atoms with Crippen molar-refractivity contribution >= 4 is 28.5 Å². The number of aliphatic carboxylic acids is 1. The van der Waals surface area contributed by atoms with Crippen LogP contribution in [0.1, 0.15) is 25.7 Å². The van der Waals surface area contributed by atoms with Gasteiger partial charge in [-0.3, -0.25) is 4.79 Å². The van der Waals surface area contributed by atoms with Crippen LogP contribution in [-0.4, -0.2) is 57.8 Å². The van der Waals surface area contributed by atoms with Crippen LogP contribution in [-0.2, 0) is 4.79 Å². The third-order valence-corrected chi connectivity index (χ3v) is 6.46. The molecule has 2 aromatic heterocycles. The zero-order valence-electron chi connectivity index (χ0n) is 17.5. The van der Waals surface area contributed by atoms with Crippen LogP contribution in [0.4, 0.5) is 11.6 Å². The van der Waals surface area contributed by atoms with Crippen LogP contribution in [0, 0.1) is 5.92 Å². The van der Waals surface area contributed by atoms with Crippen LogP contribution in [0.3, 0.4) is 0 Å². The van der Waals surface area contributed by atoms with Crippen molar-refractivity contribution in [2.45, 2.75) is 31.7 Å². The minimum atomic E-state index is -0.684. The highest BCUT2D eigenvalue weighted by atomic mass is 16.4. The van der Waals surface area contributed by atoms with E-state index >= 15 is 0 Å². The number of carboxylic acid groups (broad SMARTS) is 1. The van der Waals surface area contributed by atoms with Crippen LogP contribution >= 0.6 is 0 Å². The van der Waals surface area contributed by atoms with E-state index in [1.54, 1.807) is 6.20 Å². The number of hydrogen-bond donors (Lipinski definition) is 3. The molecule has 1 saturated carbocycles. The molecule has 5 rings (SSSR count). The molecule has 0 atom stereocenters. The second-order valence-electron chi connectivity index (χ2n) is 8.40. The number of anilines is 2. The molecule has 2 aliphatic rings. The molecule has 0 unspecified atom stereocenters. The van der Waals surface area contributed by atoms with E-state index in [-0.39, 0.29) is 12.0 Å². The predicted molar refractivity (Wildman–Crippen MR) is 121 cm³/mol. The van der Waals surface area contributed by atoms with E-state index in [0.29, 0.717) is 18.8 Å². The molecule has 2 fully saturated rings. The molecule has 31 heavy (non-hydrogen) atoms. The highest BCUT2D eigenvalue weighted by Gasteiger charge is 2.26. The first kappa shape index (κ1) is 19.8. The van der Waals surface area contributed by atoms with Crippen LogP contribution in [0.5, 0.6) is 0 Å². The van der Waals surface area contributed by atoms with Crippen molar-refractivity contribution in [3.63, 3.8) is 0 Å². The molecule has 1 aliphatic heterocycles. The summed E-state index contributed by atoms with van der Waals surface area (Å²) in [6.45, 7) is 4.03. The van der Waals surface area contributed by atoms with Crippen molar-refractivity contribution in [2.75, 3.05) is 36.4 Å². The number of rotatable bonds is 5. The molecule has 0 amide bonds. The van der Waals surface area contributed by atoms with Crippen molar-refractivity contribution in [3.8, 4) is 5.82 Å². The lowest BCUT2D eigenvalue weighted by Gasteiger charge is -2.30. The fraction of sp³-hybridized carbons (Fsp3) is 0.435. The SMILES string of the molecule is O=C(O)[C@H]1CC[C@H](Nc2nccc(-n3ccc4c(N5CCNCC5)cccc43)n2)CC1. The summed E-state index contributed by atoms with van der Waals surface area (Å²) in [7, 11) is 0. The summed E-state index contributed by atoms with van der Waals surface area (Å²) >= 11 is 0. The molecule has 3 heterocycles. The van der Waals surface area contributed by atoms with Crippen molar-refractivity contribution in [2.24, 2.45) is 5.92 Å². The van der Waals surface area contributed by atoms with Crippen molar-refractivity contribution in [1.82, 2.24) is 19.9 Å². The Balaban J connectivity index is 1.37. The second kappa shape index (κ2) is 8.55. The van der Waals surface area contributed by atoms with Gasteiger partial charge in [0.25, 0.3) is 0 Å². The molecule has 162 valence electrons. The van der Waals surface area contributed by atoms with Crippen LogP contribution in [0.15, 0.2) is 42.7 Å². The number of aromatic nitrogens is 3. The molecule has 8 nitrogen and oxygen atoms in total. The zero-order valence-corrected chi connectivity index (χ0v) is 17.5. The van der Waals surface area contributed by atoms with E-state index in [1.165, 1.54) is 11.1 Å². The lowest BCUT2D eigenvalue weighted by Crippen LogP contribution is -2.43. The number of benzene rings is 1. The van der Waals surface area contributed by atoms with Crippen LogP contribution in [0.2, 0.25) is 0 Å². The number of nitrogens with zero attached hydrogens (tertiary/aromatic N) is 4. The lowest BCUT2D eigenvalue weighted by molar-refractivity contribution is -0.142.